The fraction of sp³-hybridized carbons (Fsp3) is 0.400. The molecule has 0 bridgehead atoms. The first-order valence-electron chi connectivity index (χ1n) is 10.8. The summed E-state index contributed by atoms with van der Waals surface area (Å²) in [4.78, 5) is 37.2. The molecular formula is C25H32N2O6. The zero-order chi connectivity index (χ0) is 24.4. The molecule has 178 valence electrons. The lowest BCUT2D eigenvalue weighted by Crippen LogP contribution is -2.57. The van der Waals surface area contributed by atoms with E-state index in [9.17, 15) is 19.5 Å². The summed E-state index contributed by atoms with van der Waals surface area (Å²) in [5.74, 6) is -1.86. The molecule has 0 aromatic heterocycles. The number of nitrogens with one attached hydrogen (secondary N) is 2. The van der Waals surface area contributed by atoms with Crippen LogP contribution in [-0.4, -0.2) is 46.9 Å². The number of hydrogen-bond donors (Lipinski definition) is 3. The molecule has 0 radical (unpaired) electrons. The zero-order valence-corrected chi connectivity index (χ0v) is 19.4. The number of ether oxygens (including phenoxy) is 2. The number of alkyl carbamates (subject to hydrolysis) is 1. The Labute approximate surface area is 194 Å². The van der Waals surface area contributed by atoms with Crippen molar-refractivity contribution >= 4 is 18.0 Å². The standard InChI is InChI=1S/C25H32N2O6/c1-17(32-16-19-13-9-6-10-14-19)21(27-24(31)33-25(2,3)4)22(28)26-20(23(29)30)15-18-11-7-5-8-12-18/h5-14,17,20-21H,15-16H2,1-4H3,(H,26,28)(H,27,31)(H,29,30)/t17-,20-,21-/m0/s1. The van der Waals surface area contributed by atoms with Crippen molar-refractivity contribution in [3.05, 3.63) is 71.8 Å². The molecule has 2 rings (SSSR count). The molecule has 2 amide bonds. The van der Waals surface area contributed by atoms with E-state index in [1.807, 2.05) is 36.4 Å². The molecule has 0 saturated heterocycles. The van der Waals surface area contributed by atoms with E-state index in [2.05, 4.69) is 10.6 Å². The lowest BCUT2D eigenvalue weighted by molar-refractivity contribution is -0.142. The Morgan fingerprint density at radius 3 is 1.97 bits per heavy atom. The third kappa shape index (κ3) is 9.33. The molecule has 8 heteroatoms. The Hall–Kier alpha value is -3.39. The van der Waals surface area contributed by atoms with Crippen molar-refractivity contribution in [3.63, 3.8) is 0 Å². The van der Waals surface area contributed by atoms with Crippen LogP contribution in [0.4, 0.5) is 4.79 Å². The second-order valence-electron chi connectivity index (χ2n) is 8.71. The number of carbonyl (C=O) groups excluding carboxylic acids is 2. The largest absolute Gasteiger partial charge is 0.480 e. The van der Waals surface area contributed by atoms with E-state index >= 15 is 0 Å². The summed E-state index contributed by atoms with van der Waals surface area (Å²) in [6.45, 7) is 6.97. The smallest absolute Gasteiger partial charge is 0.408 e. The van der Waals surface area contributed by atoms with Gasteiger partial charge in [0.15, 0.2) is 0 Å². The highest BCUT2D eigenvalue weighted by molar-refractivity contribution is 5.89. The van der Waals surface area contributed by atoms with Gasteiger partial charge in [-0.2, -0.15) is 0 Å². The average Bonchev–Trinajstić information content (AvgIpc) is 2.75. The monoisotopic (exact) mass is 456 g/mol. The fourth-order valence-electron chi connectivity index (χ4n) is 3.04. The summed E-state index contributed by atoms with van der Waals surface area (Å²) < 4.78 is 11.1. The molecule has 0 aliphatic carbocycles. The summed E-state index contributed by atoms with van der Waals surface area (Å²) in [7, 11) is 0. The van der Waals surface area contributed by atoms with Crippen LogP contribution in [0.15, 0.2) is 60.7 Å². The predicted molar refractivity (Wildman–Crippen MR) is 124 cm³/mol. The zero-order valence-electron chi connectivity index (χ0n) is 19.4. The van der Waals surface area contributed by atoms with Gasteiger partial charge in [0.2, 0.25) is 5.91 Å². The Kier molecular flexibility index (Phi) is 9.42. The second kappa shape index (κ2) is 12.0. The molecule has 0 fully saturated rings. The Morgan fingerprint density at radius 2 is 1.45 bits per heavy atom. The number of amides is 2. The lowest BCUT2D eigenvalue weighted by Gasteiger charge is -2.28. The van der Waals surface area contributed by atoms with Crippen molar-refractivity contribution in [2.24, 2.45) is 0 Å². The molecule has 33 heavy (non-hydrogen) atoms. The average molecular weight is 457 g/mol. The molecule has 0 aliphatic heterocycles. The van der Waals surface area contributed by atoms with E-state index in [0.29, 0.717) is 0 Å². The highest BCUT2D eigenvalue weighted by atomic mass is 16.6. The van der Waals surface area contributed by atoms with Gasteiger partial charge in [-0.15, -0.1) is 0 Å². The number of benzene rings is 2. The van der Waals surface area contributed by atoms with Crippen molar-refractivity contribution in [2.75, 3.05) is 0 Å². The molecule has 0 spiro atoms. The van der Waals surface area contributed by atoms with Gasteiger partial charge in [-0.1, -0.05) is 60.7 Å². The van der Waals surface area contributed by atoms with Crippen molar-refractivity contribution < 1.29 is 29.0 Å². The highest BCUT2D eigenvalue weighted by Crippen LogP contribution is 2.11. The minimum Gasteiger partial charge on any atom is -0.480 e. The topological polar surface area (TPSA) is 114 Å². The SMILES string of the molecule is C[C@H](OCc1ccccc1)[C@H](NC(=O)OC(C)(C)C)C(=O)N[C@@H](Cc1ccccc1)C(=O)O. The Morgan fingerprint density at radius 1 is 0.909 bits per heavy atom. The van der Waals surface area contributed by atoms with E-state index in [1.165, 1.54) is 0 Å². The summed E-state index contributed by atoms with van der Waals surface area (Å²) in [5.41, 5.74) is 0.888. The summed E-state index contributed by atoms with van der Waals surface area (Å²) in [6, 6.07) is 16.0. The van der Waals surface area contributed by atoms with Crippen LogP contribution < -0.4 is 10.6 Å². The van der Waals surface area contributed by atoms with Gasteiger partial charge in [0.1, 0.15) is 17.7 Å². The van der Waals surface area contributed by atoms with Gasteiger partial charge >= 0.3 is 12.1 Å². The Balaban J connectivity index is 2.13. The van der Waals surface area contributed by atoms with Gasteiger partial charge in [0, 0.05) is 6.42 Å². The van der Waals surface area contributed by atoms with Crippen molar-refractivity contribution in [1.82, 2.24) is 10.6 Å². The van der Waals surface area contributed by atoms with Crippen LogP contribution in [-0.2, 0) is 32.1 Å². The first-order valence-corrected chi connectivity index (χ1v) is 10.8. The maximum atomic E-state index is 13.1. The summed E-state index contributed by atoms with van der Waals surface area (Å²) in [5, 5.41) is 14.7. The maximum absolute atomic E-state index is 13.1. The van der Waals surface area contributed by atoms with Crippen LogP contribution in [0.3, 0.4) is 0 Å². The molecule has 2 aromatic carbocycles. The minimum atomic E-state index is -1.18. The maximum Gasteiger partial charge on any atom is 0.408 e. The molecule has 0 heterocycles. The summed E-state index contributed by atoms with van der Waals surface area (Å²) in [6.07, 6.45) is -1.46. The van der Waals surface area contributed by atoms with Crippen LogP contribution in [0.2, 0.25) is 0 Å². The molecule has 3 atom stereocenters. The van der Waals surface area contributed by atoms with Gasteiger partial charge in [0.05, 0.1) is 12.7 Å². The van der Waals surface area contributed by atoms with Crippen LogP contribution in [0, 0.1) is 0 Å². The van der Waals surface area contributed by atoms with Crippen molar-refractivity contribution in [1.29, 1.82) is 0 Å². The molecule has 0 aliphatic rings. The van der Waals surface area contributed by atoms with E-state index in [-0.39, 0.29) is 13.0 Å². The van der Waals surface area contributed by atoms with Gasteiger partial charge in [-0.25, -0.2) is 9.59 Å². The molecule has 3 N–H and O–H groups in total. The molecule has 8 nitrogen and oxygen atoms in total. The third-order valence-electron chi connectivity index (χ3n) is 4.68. The van der Waals surface area contributed by atoms with Crippen LogP contribution in [0.5, 0.6) is 0 Å². The number of carboxylic acids is 1. The number of aliphatic carboxylic acids is 1. The van der Waals surface area contributed by atoms with E-state index in [0.717, 1.165) is 11.1 Å². The van der Waals surface area contributed by atoms with E-state index in [4.69, 9.17) is 9.47 Å². The van der Waals surface area contributed by atoms with E-state index < -0.39 is 41.8 Å². The molecule has 0 unspecified atom stereocenters. The fourth-order valence-corrected chi connectivity index (χ4v) is 3.04. The summed E-state index contributed by atoms with van der Waals surface area (Å²) >= 11 is 0. The first-order chi connectivity index (χ1) is 15.5. The second-order valence-corrected chi connectivity index (χ2v) is 8.71. The molecule has 2 aromatic rings. The minimum absolute atomic E-state index is 0.0975. The van der Waals surface area contributed by atoms with Crippen LogP contribution >= 0.6 is 0 Å². The number of carboxylic acid groups (broad SMARTS) is 1. The van der Waals surface area contributed by atoms with Gasteiger partial charge in [-0.3, -0.25) is 4.79 Å². The normalized spacial score (nSPS) is 13.9. The van der Waals surface area contributed by atoms with Gasteiger partial charge < -0.3 is 25.2 Å². The number of carbonyl (C=O) groups is 3. The van der Waals surface area contributed by atoms with E-state index in [1.54, 1.807) is 52.0 Å². The quantitative estimate of drug-likeness (QED) is 0.506. The highest BCUT2D eigenvalue weighted by Gasteiger charge is 2.32. The van der Waals surface area contributed by atoms with Crippen molar-refractivity contribution in [2.45, 2.75) is 64.5 Å². The van der Waals surface area contributed by atoms with Crippen molar-refractivity contribution in [3.8, 4) is 0 Å². The number of hydrogen-bond acceptors (Lipinski definition) is 5. The number of rotatable bonds is 10. The first kappa shape index (κ1) is 25.9. The Bertz CT molecular complexity index is 911. The van der Waals surface area contributed by atoms with Crippen LogP contribution in [0.25, 0.3) is 0 Å². The molecular weight excluding hydrogens is 424 g/mol. The molecule has 0 saturated carbocycles. The van der Waals surface area contributed by atoms with Crippen LogP contribution in [0.1, 0.15) is 38.8 Å². The van der Waals surface area contributed by atoms with Gasteiger partial charge in [-0.05, 0) is 38.8 Å². The van der Waals surface area contributed by atoms with Gasteiger partial charge in [0.25, 0.3) is 0 Å². The third-order valence-corrected chi connectivity index (χ3v) is 4.68. The lowest BCUT2D eigenvalue weighted by atomic mass is 10.0. The predicted octanol–water partition coefficient (Wildman–Crippen LogP) is 3.30.